The number of ether oxygens (including phenoxy) is 1. The first-order chi connectivity index (χ1) is 12.3. The molecular formula is C18H23N3O5. The number of carbonyl (C=O) groups excluding carboxylic acids is 3. The van der Waals surface area contributed by atoms with Crippen LogP contribution in [-0.4, -0.2) is 61.2 Å². The van der Waals surface area contributed by atoms with Crippen molar-refractivity contribution in [2.75, 3.05) is 38.2 Å². The van der Waals surface area contributed by atoms with Crippen LogP contribution < -0.4 is 9.64 Å². The van der Waals surface area contributed by atoms with Crippen LogP contribution in [0.2, 0.25) is 0 Å². The lowest BCUT2D eigenvalue weighted by molar-refractivity contribution is -0.176. The highest BCUT2D eigenvalue weighted by atomic mass is 16.7. The van der Waals surface area contributed by atoms with Crippen molar-refractivity contribution < 1.29 is 24.0 Å². The van der Waals surface area contributed by atoms with E-state index in [1.54, 1.807) is 21.0 Å². The second-order valence-electron chi connectivity index (χ2n) is 7.08. The van der Waals surface area contributed by atoms with Gasteiger partial charge in [0.25, 0.3) is 11.8 Å². The maximum absolute atomic E-state index is 12.3. The summed E-state index contributed by atoms with van der Waals surface area (Å²) >= 11 is 0. The van der Waals surface area contributed by atoms with Gasteiger partial charge in [-0.1, -0.05) is 13.8 Å². The number of anilines is 1. The van der Waals surface area contributed by atoms with Gasteiger partial charge in [-0.2, -0.15) is 0 Å². The molecule has 2 saturated heterocycles. The molecule has 0 unspecified atom stereocenters. The number of amides is 3. The van der Waals surface area contributed by atoms with Gasteiger partial charge in [-0.05, 0) is 24.3 Å². The third-order valence-electron chi connectivity index (χ3n) is 4.73. The Labute approximate surface area is 152 Å². The van der Waals surface area contributed by atoms with E-state index in [1.165, 1.54) is 4.90 Å². The summed E-state index contributed by atoms with van der Waals surface area (Å²) in [6, 6.07) is 7.72. The Balaban J connectivity index is 1.55. The minimum atomic E-state index is -0.829. The van der Waals surface area contributed by atoms with E-state index in [-0.39, 0.29) is 6.42 Å². The largest absolute Gasteiger partial charge is 0.497 e. The third kappa shape index (κ3) is 3.44. The van der Waals surface area contributed by atoms with E-state index in [4.69, 9.17) is 9.57 Å². The Morgan fingerprint density at radius 2 is 1.65 bits per heavy atom. The Kier molecular flexibility index (Phi) is 4.76. The van der Waals surface area contributed by atoms with Crippen molar-refractivity contribution in [2.45, 2.75) is 20.3 Å². The monoisotopic (exact) mass is 361 g/mol. The SMILES string of the molecule is COc1ccc(N2CCN(C(=O)ON3C(=O)CC(C)(C)C3=O)CC2)cc1. The summed E-state index contributed by atoms with van der Waals surface area (Å²) in [5.74, 6) is -0.170. The molecule has 1 aromatic rings. The molecule has 0 atom stereocenters. The lowest BCUT2D eigenvalue weighted by Gasteiger charge is -2.35. The fourth-order valence-corrected chi connectivity index (χ4v) is 3.08. The van der Waals surface area contributed by atoms with E-state index in [0.717, 1.165) is 11.4 Å². The van der Waals surface area contributed by atoms with Crippen LogP contribution in [0.5, 0.6) is 5.75 Å². The maximum Gasteiger partial charge on any atom is 0.434 e. The van der Waals surface area contributed by atoms with Gasteiger partial charge in [-0.25, -0.2) is 4.79 Å². The van der Waals surface area contributed by atoms with Crippen LogP contribution in [0.15, 0.2) is 24.3 Å². The van der Waals surface area contributed by atoms with Crippen molar-refractivity contribution in [1.82, 2.24) is 9.96 Å². The van der Waals surface area contributed by atoms with Crippen LogP contribution in [0.1, 0.15) is 20.3 Å². The topological polar surface area (TPSA) is 79.4 Å². The molecule has 1 aromatic carbocycles. The van der Waals surface area contributed by atoms with Crippen LogP contribution >= 0.6 is 0 Å². The Morgan fingerprint density at radius 3 is 2.15 bits per heavy atom. The van der Waals surface area contributed by atoms with Gasteiger partial charge in [0.05, 0.1) is 12.5 Å². The van der Waals surface area contributed by atoms with Crippen molar-refractivity contribution in [3.8, 4) is 5.75 Å². The molecule has 8 nitrogen and oxygen atoms in total. The second-order valence-corrected chi connectivity index (χ2v) is 7.08. The van der Waals surface area contributed by atoms with Crippen LogP contribution in [-0.2, 0) is 14.4 Å². The highest BCUT2D eigenvalue weighted by molar-refractivity contribution is 6.05. The molecule has 0 aromatic heterocycles. The average Bonchev–Trinajstić information content (AvgIpc) is 2.83. The molecule has 26 heavy (non-hydrogen) atoms. The van der Waals surface area contributed by atoms with E-state index in [9.17, 15) is 14.4 Å². The van der Waals surface area contributed by atoms with Gasteiger partial charge in [0.15, 0.2) is 0 Å². The van der Waals surface area contributed by atoms with E-state index in [0.29, 0.717) is 31.2 Å². The van der Waals surface area contributed by atoms with Gasteiger partial charge in [-0.15, -0.1) is 5.06 Å². The zero-order chi connectivity index (χ0) is 18.9. The van der Waals surface area contributed by atoms with E-state index >= 15 is 0 Å². The van der Waals surface area contributed by atoms with Gasteiger partial charge >= 0.3 is 6.09 Å². The van der Waals surface area contributed by atoms with E-state index in [2.05, 4.69) is 4.90 Å². The van der Waals surface area contributed by atoms with E-state index < -0.39 is 23.3 Å². The maximum atomic E-state index is 12.3. The molecule has 2 aliphatic heterocycles. The van der Waals surface area contributed by atoms with Crippen molar-refractivity contribution in [1.29, 1.82) is 0 Å². The van der Waals surface area contributed by atoms with Gasteiger partial charge in [0.1, 0.15) is 5.75 Å². The highest BCUT2D eigenvalue weighted by Gasteiger charge is 2.48. The standard InChI is InChI=1S/C18H23N3O5/c1-18(2)12-15(22)21(16(18)23)26-17(24)20-10-8-19(9-11-20)13-4-6-14(25-3)7-5-13/h4-7H,8-12H2,1-3H3. The quantitative estimate of drug-likeness (QED) is 0.762. The Morgan fingerprint density at radius 1 is 1.04 bits per heavy atom. The van der Waals surface area contributed by atoms with Crippen LogP contribution in [0.3, 0.4) is 0 Å². The molecule has 0 aliphatic carbocycles. The number of hydrogen-bond acceptors (Lipinski definition) is 6. The smallest absolute Gasteiger partial charge is 0.434 e. The molecule has 8 heteroatoms. The zero-order valence-corrected chi connectivity index (χ0v) is 15.2. The van der Waals surface area contributed by atoms with Gasteiger partial charge in [0, 0.05) is 38.3 Å². The van der Waals surface area contributed by atoms with E-state index in [1.807, 2.05) is 24.3 Å². The molecule has 0 spiro atoms. The van der Waals surface area contributed by atoms with Crippen LogP contribution in [0.25, 0.3) is 0 Å². The summed E-state index contributed by atoms with van der Waals surface area (Å²) in [6.45, 7) is 5.49. The normalized spacial score (nSPS) is 19.7. The lowest BCUT2D eigenvalue weighted by Crippen LogP contribution is -2.50. The van der Waals surface area contributed by atoms with Crippen LogP contribution in [0, 0.1) is 5.41 Å². The molecule has 140 valence electrons. The zero-order valence-electron chi connectivity index (χ0n) is 15.2. The molecule has 3 amide bonds. The van der Waals surface area contributed by atoms with Crippen molar-refractivity contribution >= 4 is 23.6 Å². The Hall–Kier alpha value is -2.77. The number of methoxy groups -OCH3 is 1. The number of hydrogen-bond donors (Lipinski definition) is 0. The first-order valence-electron chi connectivity index (χ1n) is 8.55. The van der Waals surface area contributed by atoms with Gasteiger partial charge in [-0.3, -0.25) is 9.59 Å². The number of rotatable bonds is 3. The van der Waals surface area contributed by atoms with Crippen LogP contribution in [0.4, 0.5) is 10.5 Å². The highest BCUT2D eigenvalue weighted by Crippen LogP contribution is 2.32. The first-order valence-corrected chi connectivity index (χ1v) is 8.55. The fraction of sp³-hybridized carbons (Fsp3) is 0.500. The number of hydroxylamine groups is 2. The molecule has 2 fully saturated rings. The minimum Gasteiger partial charge on any atom is -0.497 e. The van der Waals surface area contributed by atoms with Gasteiger partial charge < -0.3 is 19.4 Å². The van der Waals surface area contributed by atoms with Crippen molar-refractivity contribution in [3.05, 3.63) is 24.3 Å². The Bertz CT molecular complexity index is 708. The summed E-state index contributed by atoms with van der Waals surface area (Å²) in [5.41, 5.74) is 0.218. The molecule has 3 rings (SSSR count). The predicted molar refractivity (Wildman–Crippen MR) is 93.5 cm³/mol. The molecule has 0 radical (unpaired) electrons. The minimum absolute atomic E-state index is 0.0460. The summed E-state index contributed by atoms with van der Waals surface area (Å²) in [5, 5.41) is 0.609. The molecule has 2 aliphatic rings. The number of imide groups is 1. The number of carbonyl (C=O) groups is 3. The average molecular weight is 361 g/mol. The summed E-state index contributed by atoms with van der Waals surface area (Å²) in [7, 11) is 1.62. The predicted octanol–water partition coefficient (Wildman–Crippen LogP) is 1.65. The molecular weight excluding hydrogens is 338 g/mol. The lowest BCUT2D eigenvalue weighted by atomic mass is 9.92. The molecule has 0 saturated carbocycles. The number of benzene rings is 1. The number of piperazine rings is 1. The second kappa shape index (κ2) is 6.86. The molecule has 2 heterocycles. The van der Waals surface area contributed by atoms with Crippen molar-refractivity contribution in [2.24, 2.45) is 5.41 Å². The molecule has 0 bridgehead atoms. The first kappa shape index (κ1) is 18.0. The number of nitrogens with zero attached hydrogens (tertiary/aromatic N) is 3. The van der Waals surface area contributed by atoms with Gasteiger partial charge in [0.2, 0.25) is 0 Å². The molecule has 0 N–H and O–H groups in total. The third-order valence-corrected chi connectivity index (χ3v) is 4.73. The summed E-state index contributed by atoms with van der Waals surface area (Å²) < 4.78 is 5.15. The summed E-state index contributed by atoms with van der Waals surface area (Å²) in [6.07, 6.45) is -0.622. The summed E-state index contributed by atoms with van der Waals surface area (Å²) in [4.78, 5) is 45.1. The van der Waals surface area contributed by atoms with Crippen molar-refractivity contribution in [3.63, 3.8) is 0 Å². The fourth-order valence-electron chi connectivity index (χ4n) is 3.08.